The van der Waals surface area contributed by atoms with E-state index in [9.17, 15) is 9.18 Å². The van der Waals surface area contributed by atoms with Crippen molar-refractivity contribution < 1.29 is 13.9 Å². The molecule has 0 atom stereocenters. The summed E-state index contributed by atoms with van der Waals surface area (Å²) in [6.07, 6.45) is 2.50. The highest BCUT2D eigenvalue weighted by Crippen LogP contribution is 2.40. The van der Waals surface area contributed by atoms with Crippen LogP contribution in [0.2, 0.25) is 0 Å². The van der Waals surface area contributed by atoms with Gasteiger partial charge in [0, 0.05) is 11.1 Å². The van der Waals surface area contributed by atoms with E-state index in [2.05, 4.69) is 29.4 Å². The monoisotopic (exact) mass is 364 g/mol. The first-order chi connectivity index (χ1) is 13.1. The molecule has 2 aromatic carbocycles. The van der Waals surface area contributed by atoms with Crippen molar-refractivity contribution in [3.63, 3.8) is 0 Å². The third-order valence-electron chi connectivity index (χ3n) is 4.90. The largest absolute Gasteiger partial charge is 0.461 e. The van der Waals surface area contributed by atoms with Gasteiger partial charge in [-0.2, -0.15) is 5.10 Å². The molecular weight excluding hydrogens is 343 g/mol. The van der Waals surface area contributed by atoms with Crippen molar-refractivity contribution in [1.82, 2.24) is 9.78 Å². The zero-order valence-corrected chi connectivity index (χ0v) is 15.4. The van der Waals surface area contributed by atoms with Crippen molar-refractivity contribution in [2.75, 3.05) is 6.61 Å². The number of rotatable bonds is 5. The fraction of sp³-hybridized carbons (Fsp3) is 0.273. The first-order valence-corrected chi connectivity index (χ1v) is 9.21. The number of carbonyl (C=O) groups is 1. The van der Waals surface area contributed by atoms with Crippen LogP contribution in [-0.4, -0.2) is 22.4 Å². The van der Waals surface area contributed by atoms with E-state index in [4.69, 9.17) is 4.74 Å². The van der Waals surface area contributed by atoms with Gasteiger partial charge in [-0.25, -0.2) is 13.9 Å². The molecule has 0 bridgehead atoms. The van der Waals surface area contributed by atoms with Gasteiger partial charge in [0.25, 0.3) is 0 Å². The Balaban J connectivity index is 1.84. The molecule has 0 N–H and O–H groups in total. The number of halogens is 1. The molecule has 0 radical (unpaired) electrons. The predicted octanol–water partition coefficient (Wildman–Crippen LogP) is 5.04. The molecular formula is C22H21FN2O2. The van der Waals surface area contributed by atoms with Crippen LogP contribution in [0.5, 0.6) is 0 Å². The van der Waals surface area contributed by atoms with Gasteiger partial charge in [-0.15, -0.1) is 0 Å². The number of hydrogen-bond donors (Lipinski definition) is 0. The number of aromatic nitrogens is 2. The lowest BCUT2D eigenvalue weighted by Gasteiger charge is -2.09. The summed E-state index contributed by atoms with van der Waals surface area (Å²) in [5.74, 6) is -0.0902. The topological polar surface area (TPSA) is 44.1 Å². The second kappa shape index (κ2) is 6.99. The average molecular weight is 364 g/mol. The second-order valence-corrected chi connectivity index (χ2v) is 6.83. The molecule has 0 unspecified atom stereocenters. The van der Waals surface area contributed by atoms with Gasteiger partial charge in [-0.3, -0.25) is 0 Å². The van der Waals surface area contributed by atoms with Gasteiger partial charge < -0.3 is 4.74 Å². The Morgan fingerprint density at radius 2 is 1.81 bits per heavy atom. The Kier molecular flexibility index (Phi) is 4.52. The van der Waals surface area contributed by atoms with E-state index in [1.165, 1.54) is 30.5 Å². The number of carbonyl (C=O) groups excluding carboxylic acids is 1. The van der Waals surface area contributed by atoms with Crippen molar-refractivity contribution >= 4 is 5.97 Å². The molecule has 5 heteroatoms. The molecule has 0 saturated heterocycles. The summed E-state index contributed by atoms with van der Waals surface area (Å²) < 4.78 is 20.2. The molecule has 1 aliphatic carbocycles. The molecule has 0 aliphatic heterocycles. The quantitative estimate of drug-likeness (QED) is 0.596. The highest BCUT2D eigenvalue weighted by molar-refractivity contribution is 5.91. The fourth-order valence-corrected chi connectivity index (χ4v) is 3.33. The lowest BCUT2D eigenvalue weighted by Crippen LogP contribution is -2.07. The average Bonchev–Trinajstić information content (AvgIpc) is 3.46. The summed E-state index contributed by atoms with van der Waals surface area (Å²) in [7, 11) is 0. The maximum absolute atomic E-state index is 13.4. The van der Waals surface area contributed by atoms with Gasteiger partial charge in [0.2, 0.25) is 0 Å². The van der Waals surface area contributed by atoms with E-state index in [0.29, 0.717) is 11.6 Å². The van der Waals surface area contributed by atoms with Gasteiger partial charge >= 0.3 is 5.97 Å². The molecule has 1 heterocycles. The number of esters is 1. The number of hydrogen-bond acceptors (Lipinski definition) is 3. The van der Waals surface area contributed by atoms with Crippen LogP contribution >= 0.6 is 0 Å². The third kappa shape index (κ3) is 3.37. The van der Waals surface area contributed by atoms with Crippen LogP contribution in [0.1, 0.15) is 47.3 Å². The third-order valence-corrected chi connectivity index (χ3v) is 4.90. The Morgan fingerprint density at radius 1 is 1.15 bits per heavy atom. The van der Waals surface area contributed by atoms with Crippen molar-refractivity contribution in [1.29, 1.82) is 0 Å². The maximum atomic E-state index is 13.4. The minimum absolute atomic E-state index is 0.280. The normalized spacial score (nSPS) is 13.6. The van der Waals surface area contributed by atoms with Crippen LogP contribution in [0, 0.1) is 12.7 Å². The number of nitrogens with zero attached hydrogens (tertiary/aromatic N) is 2. The van der Waals surface area contributed by atoms with Crippen LogP contribution in [0.25, 0.3) is 16.9 Å². The van der Waals surface area contributed by atoms with E-state index in [0.717, 1.165) is 16.8 Å². The molecule has 1 aliphatic rings. The van der Waals surface area contributed by atoms with Crippen LogP contribution in [-0.2, 0) is 4.74 Å². The highest BCUT2D eigenvalue weighted by atomic mass is 19.1. The molecule has 1 fully saturated rings. The zero-order valence-electron chi connectivity index (χ0n) is 15.4. The van der Waals surface area contributed by atoms with Crippen LogP contribution in [0.4, 0.5) is 4.39 Å². The Bertz CT molecular complexity index is 971. The van der Waals surface area contributed by atoms with Gasteiger partial charge in [-0.1, -0.05) is 24.3 Å². The number of ether oxygens (including phenoxy) is 1. The lowest BCUT2D eigenvalue weighted by atomic mass is 10.0. The molecule has 1 saturated carbocycles. The SMILES string of the molecule is CCOC(=O)c1nn(-c2ccc(F)cc2)c(-c2ccc(C3CC3)cc2)c1C. The molecule has 0 spiro atoms. The fourth-order valence-electron chi connectivity index (χ4n) is 3.33. The van der Waals surface area contributed by atoms with Crippen molar-refractivity contribution in [2.24, 2.45) is 0 Å². The summed E-state index contributed by atoms with van der Waals surface area (Å²) in [6.45, 7) is 3.91. The molecule has 27 heavy (non-hydrogen) atoms. The minimum Gasteiger partial charge on any atom is -0.461 e. The van der Waals surface area contributed by atoms with Crippen molar-refractivity contribution in [3.8, 4) is 16.9 Å². The molecule has 4 nitrogen and oxygen atoms in total. The van der Waals surface area contributed by atoms with Gasteiger partial charge in [0.1, 0.15) is 5.82 Å². The standard InChI is InChI=1S/C22H21FN2O2/c1-3-27-22(26)20-14(2)21(17-8-6-16(7-9-17)15-4-5-15)25(24-20)19-12-10-18(23)11-13-19/h6-13,15H,3-5H2,1-2H3. The van der Waals surface area contributed by atoms with Crippen LogP contribution < -0.4 is 0 Å². The maximum Gasteiger partial charge on any atom is 0.359 e. The lowest BCUT2D eigenvalue weighted by molar-refractivity contribution is 0.0518. The van der Waals surface area contributed by atoms with E-state index in [-0.39, 0.29) is 18.1 Å². The Labute approximate surface area is 157 Å². The van der Waals surface area contributed by atoms with E-state index in [1.54, 1.807) is 23.7 Å². The Morgan fingerprint density at radius 3 is 2.41 bits per heavy atom. The first-order valence-electron chi connectivity index (χ1n) is 9.21. The second-order valence-electron chi connectivity index (χ2n) is 6.83. The van der Waals surface area contributed by atoms with Crippen molar-refractivity contribution in [2.45, 2.75) is 32.6 Å². The summed E-state index contributed by atoms with van der Waals surface area (Å²) in [5.41, 5.74) is 4.84. The molecule has 4 rings (SSSR count). The molecule has 1 aromatic heterocycles. The predicted molar refractivity (Wildman–Crippen MR) is 102 cm³/mol. The van der Waals surface area contributed by atoms with Gasteiger partial charge in [0.05, 0.1) is 18.0 Å². The van der Waals surface area contributed by atoms with E-state index < -0.39 is 5.97 Å². The van der Waals surface area contributed by atoms with E-state index >= 15 is 0 Å². The first kappa shape index (κ1) is 17.5. The summed E-state index contributed by atoms with van der Waals surface area (Å²) >= 11 is 0. The number of benzene rings is 2. The zero-order chi connectivity index (χ0) is 19.0. The Hall–Kier alpha value is -2.95. The van der Waals surface area contributed by atoms with Crippen LogP contribution in [0.15, 0.2) is 48.5 Å². The smallest absolute Gasteiger partial charge is 0.359 e. The van der Waals surface area contributed by atoms with Gasteiger partial charge in [0.15, 0.2) is 5.69 Å². The van der Waals surface area contributed by atoms with Crippen LogP contribution in [0.3, 0.4) is 0 Å². The highest BCUT2D eigenvalue weighted by Gasteiger charge is 2.25. The molecule has 138 valence electrons. The molecule has 3 aromatic rings. The van der Waals surface area contributed by atoms with Crippen molar-refractivity contribution in [3.05, 3.63) is 71.2 Å². The minimum atomic E-state index is -0.452. The molecule has 0 amide bonds. The van der Waals surface area contributed by atoms with Gasteiger partial charge in [-0.05, 0) is 62.4 Å². The summed E-state index contributed by atoms with van der Waals surface area (Å²) in [5, 5.41) is 4.49. The summed E-state index contributed by atoms with van der Waals surface area (Å²) in [6, 6.07) is 14.5. The van der Waals surface area contributed by atoms with E-state index in [1.807, 2.05) is 6.92 Å². The summed E-state index contributed by atoms with van der Waals surface area (Å²) in [4.78, 5) is 12.3.